The fourth-order valence-electron chi connectivity index (χ4n) is 6.71. The van der Waals surface area contributed by atoms with E-state index >= 15 is 0 Å². The number of alkyl halides is 7. The van der Waals surface area contributed by atoms with E-state index in [1.54, 1.807) is 0 Å². The highest BCUT2D eigenvalue weighted by atomic mass is 19.4. The maximum atomic E-state index is 12.0. The first-order valence-corrected chi connectivity index (χ1v) is 16.4. The summed E-state index contributed by atoms with van der Waals surface area (Å²) in [7, 11) is 0. The molecule has 0 spiro atoms. The second-order valence-electron chi connectivity index (χ2n) is 15.6. The SMILES string of the molecule is CC1CC(C)(O)C1.CC1CC(C)(O)C1.CC1CC(F)(F)C1.CC1CC(O)C1.CCC1CC(F)(F)C1.NC1CC(C(F)(F)F)C1. The van der Waals surface area contributed by atoms with Gasteiger partial charge in [-0.15, -0.1) is 0 Å². The normalized spacial score (nSPS) is 39.4. The summed E-state index contributed by atoms with van der Waals surface area (Å²) in [5.74, 6) is -2.85. The molecule has 5 N–H and O–H groups in total. The zero-order valence-corrected chi connectivity index (χ0v) is 27.9. The van der Waals surface area contributed by atoms with Gasteiger partial charge in [0.05, 0.1) is 23.2 Å². The minimum Gasteiger partial charge on any atom is -0.393 e. The van der Waals surface area contributed by atoms with Crippen molar-refractivity contribution in [3.05, 3.63) is 0 Å². The molecule has 0 aliphatic heterocycles. The van der Waals surface area contributed by atoms with Crippen molar-refractivity contribution in [2.24, 2.45) is 41.2 Å². The van der Waals surface area contributed by atoms with E-state index in [9.17, 15) is 30.7 Å². The number of halogens is 7. The van der Waals surface area contributed by atoms with Crippen molar-refractivity contribution in [1.82, 2.24) is 0 Å². The molecule has 6 fully saturated rings. The molecule has 0 bridgehead atoms. The number of nitrogens with two attached hydrogens (primary N) is 1. The molecule has 6 aliphatic carbocycles. The minimum absolute atomic E-state index is 0.0417. The van der Waals surface area contributed by atoms with Crippen LogP contribution in [0.1, 0.15) is 132 Å². The smallest absolute Gasteiger partial charge is 0.391 e. The van der Waals surface area contributed by atoms with E-state index in [2.05, 4.69) is 20.8 Å². The molecule has 0 amide bonds. The summed E-state index contributed by atoms with van der Waals surface area (Å²) in [6.07, 6.45) is 3.67. The highest BCUT2D eigenvalue weighted by molar-refractivity contribution is 4.88. The Morgan fingerprint density at radius 2 is 0.977 bits per heavy atom. The van der Waals surface area contributed by atoms with Crippen LogP contribution in [0.3, 0.4) is 0 Å². The maximum absolute atomic E-state index is 12.0. The van der Waals surface area contributed by atoms with E-state index in [1.165, 1.54) is 0 Å². The van der Waals surface area contributed by atoms with Gasteiger partial charge in [0.15, 0.2) is 0 Å². The predicted octanol–water partition coefficient (Wildman–Crippen LogP) is 8.89. The van der Waals surface area contributed by atoms with Crippen LogP contribution in [0, 0.1) is 35.5 Å². The summed E-state index contributed by atoms with van der Waals surface area (Å²) in [4.78, 5) is 0. The third kappa shape index (κ3) is 16.8. The molecule has 4 nitrogen and oxygen atoms in total. The summed E-state index contributed by atoms with van der Waals surface area (Å²) in [5.41, 5.74) is 4.55. The van der Waals surface area contributed by atoms with Gasteiger partial charge < -0.3 is 21.1 Å². The van der Waals surface area contributed by atoms with Crippen LogP contribution in [-0.4, -0.2) is 56.7 Å². The van der Waals surface area contributed by atoms with E-state index in [0.29, 0.717) is 5.92 Å². The molecule has 0 aromatic heterocycles. The van der Waals surface area contributed by atoms with Crippen molar-refractivity contribution < 1.29 is 46.1 Å². The first-order chi connectivity index (χ1) is 19.7. The highest BCUT2D eigenvalue weighted by Crippen LogP contribution is 2.44. The lowest BCUT2D eigenvalue weighted by Crippen LogP contribution is -2.43. The lowest BCUT2D eigenvalue weighted by atomic mass is 9.73. The second kappa shape index (κ2) is 16.4. The molecule has 6 saturated carbocycles. The van der Waals surface area contributed by atoms with Crippen LogP contribution in [-0.2, 0) is 0 Å². The molecule has 0 atom stereocenters. The maximum Gasteiger partial charge on any atom is 0.391 e. The van der Waals surface area contributed by atoms with Crippen molar-refractivity contribution in [2.75, 3.05) is 0 Å². The largest absolute Gasteiger partial charge is 0.393 e. The molecule has 11 heteroatoms. The Balaban J connectivity index is 0.000000265. The molecule has 0 saturated heterocycles. The molecule has 264 valence electrons. The van der Waals surface area contributed by atoms with E-state index in [1.807, 2.05) is 27.7 Å². The van der Waals surface area contributed by atoms with Gasteiger partial charge in [-0.25, -0.2) is 17.6 Å². The fourth-order valence-corrected chi connectivity index (χ4v) is 6.71. The third-order valence-electron chi connectivity index (χ3n) is 9.19. The molecule has 0 heterocycles. The van der Waals surface area contributed by atoms with E-state index in [-0.39, 0.29) is 67.8 Å². The van der Waals surface area contributed by atoms with Crippen LogP contribution in [0.5, 0.6) is 0 Å². The molecule has 0 aromatic carbocycles. The molecule has 44 heavy (non-hydrogen) atoms. The molecule has 0 radical (unpaired) electrons. The van der Waals surface area contributed by atoms with Gasteiger partial charge in [0.25, 0.3) is 0 Å². The van der Waals surface area contributed by atoms with Gasteiger partial charge in [-0.2, -0.15) is 13.2 Å². The molecule has 0 unspecified atom stereocenters. The Bertz CT molecular complexity index is 734. The van der Waals surface area contributed by atoms with E-state index in [4.69, 9.17) is 21.1 Å². The summed E-state index contributed by atoms with van der Waals surface area (Å²) in [6.45, 7) is 14.1. The lowest BCUT2D eigenvalue weighted by Gasteiger charge is -2.38. The number of aliphatic hydroxyl groups excluding tert-OH is 1. The van der Waals surface area contributed by atoms with E-state index in [0.717, 1.165) is 62.7 Å². The number of rotatable bonds is 1. The first-order valence-electron chi connectivity index (χ1n) is 16.4. The standard InChI is InChI=1S/C6H10F2.2C6H12O.C5H8F3N.C5H8F2.C5H10O/c1-2-5-3-6(7,8)4-5;2*1-5-3-6(2,7)4-5;6-5(7,8)3-1-4(9)2-3;1-4-2-5(6,7)3-4;1-4-2-5(6)3-4/h5H,2-4H2,1H3;2*5,7H,3-4H2,1-2H3;3-4H,1-2,9H2;4H,2-3H2,1H3;4-6H,2-3H2,1H3. The van der Waals surface area contributed by atoms with Crippen molar-refractivity contribution in [3.63, 3.8) is 0 Å². The van der Waals surface area contributed by atoms with Gasteiger partial charge >= 0.3 is 6.18 Å². The summed E-state index contributed by atoms with van der Waals surface area (Å²) in [5, 5.41) is 26.8. The third-order valence-corrected chi connectivity index (χ3v) is 9.19. The average molecular weight is 652 g/mol. The van der Waals surface area contributed by atoms with Gasteiger partial charge in [0.1, 0.15) is 0 Å². The minimum atomic E-state index is -4.00. The Labute approximate surface area is 260 Å². The molecule has 6 rings (SSSR count). The van der Waals surface area contributed by atoms with Crippen LogP contribution in [0.25, 0.3) is 0 Å². The molecule has 0 aromatic rings. The summed E-state index contributed by atoms with van der Waals surface area (Å²) >= 11 is 0. The number of hydrogen-bond donors (Lipinski definition) is 4. The van der Waals surface area contributed by atoms with Gasteiger partial charge in [-0.1, -0.05) is 41.0 Å². The van der Waals surface area contributed by atoms with Crippen LogP contribution in [0.2, 0.25) is 0 Å². The first kappa shape index (κ1) is 41.4. The summed E-state index contributed by atoms with van der Waals surface area (Å²) in [6, 6.07) is -0.211. The topological polar surface area (TPSA) is 86.7 Å². The van der Waals surface area contributed by atoms with Crippen molar-refractivity contribution >= 4 is 0 Å². The average Bonchev–Trinajstić information content (AvgIpc) is 2.72. The van der Waals surface area contributed by atoms with E-state index < -0.39 is 23.9 Å². The van der Waals surface area contributed by atoms with Crippen LogP contribution in [0.4, 0.5) is 30.7 Å². The predicted molar refractivity (Wildman–Crippen MR) is 161 cm³/mol. The Morgan fingerprint density at radius 1 is 0.636 bits per heavy atom. The zero-order chi connectivity index (χ0) is 34.3. The lowest BCUT2D eigenvalue weighted by molar-refractivity contribution is -0.196. The quantitative estimate of drug-likeness (QED) is 0.213. The Hall–Kier alpha value is -0.650. The van der Waals surface area contributed by atoms with Crippen molar-refractivity contribution in [1.29, 1.82) is 0 Å². The van der Waals surface area contributed by atoms with Crippen molar-refractivity contribution in [2.45, 2.75) is 173 Å². The molecule has 6 aliphatic rings. The summed E-state index contributed by atoms with van der Waals surface area (Å²) < 4.78 is 82.4. The van der Waals surface area contributed by atoms with Crippen LogP contribution in [0.15, 0.2) is 0 Å². The number of hydrogen-bond acceptors (Lipinski definition) is 4. The fraction of sp³-hybridized carbons (Fsp3) is 1.00. The van der Waals surface area contributed by atoms with Crippen molar-refractivity contribution in [3.8, 4) is 0 Å². The Kier molecular flexibility index (Phi) is 15.5. The zero-order valence-electron chi connectivity index (χ0n) is 27.9. The van der Waals surface area contributed by atoms with Gasteiger partial charge in [-0.3, -0.25) is 0 Å². The van der Waals surface area contributed by atoms with Gasteiger partial charge in [0, 0.05) is 31.7 Å². The Morgan fingerprint density at radius 3 is 1.02 bits per heavy atom. The molecular formula is C33H60F7NO3. The second-order valence-corrected chi connectivity index (χ2v) is 15.6. The van der Waals surface area contributed by atoms with Crippen LogP contribution < -0.4 is 5.73 Å². The van der Waals surface area contributed by atoms with Gasteiger partial charge in [0.2, 0.25) is 11.8 Å². The monoisotopic (exact) mass is 651 g/mol. The van der Waals surface area contributed by atoms with Gasteiger partial charge in [-0.05, 0) is 94.8 Å². The highest BCUT2D eigenvalue weighted by Gasteiger charge is 2.46. The molecular weight excluding hydrogens is 591 g/mol. The van der Waals surface area contributed by atoms with Crippen LogP contribution >= 0.6 is 0 Å². The number of aliphatic hydroxyl groups is 3.